The van der Waals surface area contributed by atoms with Gasteiger partial charge in [0.1, 0.15) is 10.9 Å². The summed E-state index contributed by atoms with van der Waals surface area (Å²) < 4.78 is 0. The Morgan fingerprint density at radius 1 is 1.10 bits per heavy atom. The Morgan fingerprint density at radius 2 is 1.86 bits per heavy atom. The summed E-state index contributed by atoms with van der Waals surface area (Å²) in [5, 5.41) is 12.7. The molecule has 0 spiro atoms. The first-order valence-electron chi connectivity index (χ1n) is 9.39. The molecule has 148 valence electrons. The van der Waals surface area contributed by atoms with Gasteiger partial charge >= 0.3 is 0 Å². The highest BCUT2D eigenvalue weighted by Gasteiger charge is 2.11. The van der Waals surface area contributed by atoms with Crippen molar-refractivity contribution in [3.8, 4) is 5.75 Å². The van der Waals surface area contributed by atoms with Gasteiger partial charge in [0.05, 0.1) is 0 Å². The Labute approximate surface area is 175 Å². The maximum Gasteiger partial charge on any atom is 0.244 e. The molecule has 0 unspecified atom stereocenters. The van der Waals surface area contributed by atoms with Crippen molar-refractivity contribution >= 4 is 23.1 Å². The smallest absolute Gasteiger partial charge is 0.244 e. The Kier molecular flexibility index (Phi) is 6.68. The number of hydrogen-bond donors (Lipinski definition) is 2. The quantitative estimate of drug-likeness (QED) is 0.454. The number of rotatable bonds is 6. The third-order valence-corrected chi connectivity index (χ3v) is 4.84. The number of phenolic OH excluding ortho intramolecular Hbond substituents is 1. The molecule has 1 heterocycles. The van der Waals surface area contributed by atoms with Crippen molar-refractivity contribution in [2.75, 3.05) is 6.54 Å². The Bertz CT molecular complexity index is 1040. The molecule has 2 N–H and O–H groups in total. The van der Waals surface area contributed by atoms with Gasteiger partial charge in [-0.05, 0) is 72.4 Å². The molecule has 0 aliphatic rings. The maximum absolute atomic E-state index is 12.6. The predicted octanol–water partition coefficient (Wildman–Crippen LogP) is 4.85. The van der Waals surface area contributed by atoms with Gasteiger partial charge in [0.2, 0.25) is 5.91 Å². The van der Waals surface area contributed by atoms with E-state index in [0.717, 1.165) is 33.4 Å². The largest absolute Gasteiger partial charge is 0.508 e. The molecule has 0 atom stereocenters. The van der Waals surface area contributed by atoms with Crippen LogP contribution in [0.3, 0.4) is 0 Å². The first kappa shape index (κ1) is 20.6. The highest BCUT2D eigenvalue weighted by molar-refractivity contribution is 6.29. The van der Waals surface area contributed by atoms with E-state index < -0.39 is 0 Å². The van der Waals surface area contributed by atoms with Crippen LogP contribution in [0.5, 0.6) is 5.75 Å². The number of amides is 1. The molecule has 29 heavy (non-hydrogen) atoms. The summed E-state index contributed by atoms with van der Waals surface area (Å²) in [4.78, 5) is 16.7. The summed E-state index contributed by atoms with van der Waals surface area (Å²) in [6, 6.07) is 16.7. The number of aromatic hydroxyl groups is 1. The number of halogens is 1. The van der Waals surface area contributed by atoms with Gasteiger partial charge in [0.15, 0.2) is 0 Å². The molecule has 0 aliphatic carbocycles. The van der Waals surface area contributed by atoms with Crippen LogP contribution in [0.15, 0.2) is 66.9 Å². The SMILES string of the molecule is Cc1ccc(/C(=C/C(=O)NCCc2ccc(O)cc2)c2ccnc(Cl)c2)c(C)c1. The third-order valence-electron chi connectivity index (χ3n) is 4.63. The number of aryl methyl sites for hydroxylation is 2. The molecule has 5 heteroatoms. The van der Waals surface area contributed by atoms with E-state index in [9.17, 15) is 9.90 Å². The zero-order valence-corrected chi connectivity index (χ0v) is 17.2. The number of carbonyl (C=O) groups is 1. The van der Waals surface area contributed by atoms with Crippen LogP contribution in [0.1, 0.15) is 27.8 Å². The monoisotopic (exact) mass is 406 g/mol. The molecule has 0 saturated carbocycles. The highest BCUT2D eigenvalue weighted by atomic mass is 35.5. The minimum absolute atomic E-state index is 0.174. The van der Waals surface area contributed by atoms with E-state index >= 15 is 0 Å². The fourth-order valence-corrected chi connectivity index (χ4v) is 3.35. The van der Waals surface area contributed by atoms with Crippen molar-refractivity contribution in [3.63, 3.8) is 0 Å². The van der Waals surface area contributed by atoms with Crippen LogP contribution in [0, 0.1) is 13.8 Å². The minimum atomic E-state index is -0.174. The minimum Gasteiger partial charge on any atom is -0.508 e. The lowest BCUT2D eigenvalue weighted by Gasteiger charge is -2.13. The van der Waals surface area contributed by atoms with Crippen LogP contribution >= 0.6 is 11.6 Å². The van der Waals surface area contributed by atoms with Crippen molar-refractivity contribution in [2.45, 2.75) is 20.3 Å². The van der Waals surface area contributed by atoms with Gasteiger partial charge in [-0.2, -0.15) is 0 Å². The highest BCUT2D eigenvalue weighted by Crippen LogP contribution is 2.27. The average Bonchev–Trinajstić information content (AvgIpc) is 2.68. The van der Waals surface area contributed by atoms with E-state index in [4.69, 9.17) is 11.6 Å². The van der Waals surface area contributed by atoms with Crippen molar-refractivity contribution in [1.29, 1.82) is 0 Å². The molecule has 0 fully saturated rings. The van der Waals surface area contributed by atoms with Gasteiger partial charge in [0.25, 0.3) is 0 Å². The van der Waals surface area contributed by atoms with E-state index in [0.29, 0.717) is 18.1 Å². The van der Waals surface area contributed by atoms with Crippen molar-refractivity contribution in [2.24, 2.45) is 0 Å². The number of pyridine rings is 1. The van der Waals surface area contributed by atoms with Gasteiger partial charge < -0.3 is 10.4 Å². The lowest BCUT2D eigenvalue weighted by molar-refractivity contribution is -0.116. The molecular weight excluding hydrogens is 384 g/mol. The molecule has 3 aromatic rings. The standard InChI is InChI=1S/C24H23ClN2O2/c1-16-3-8-21(17(2)13-16)22(19-10-12-26-23(25)14-19)15-24(29)27-11-9-18-4-6-20(28)7-5-18/h3-8,10,12-15,28H,9,11H2,1-2H3,(H,27,29)/b22-15+. The molecule has 0 aliphatic heterocycles. The second-order valence-electron chi connectivity index (χ2n) is 6.95. The fraction of sp³-hybridized carbons (Fsp3) is 0.167. The number of phenols is 1. The molecular formula is C24H23ClN2O2. The Balaban J connectivity index is 1.82. The van der Waals surface area contributed by atoms with Crippen LogP contribution in [0.25, 0.3) is 5.57 Å². The van der Waals surface area contributed by atoms with Crippen molar-refractivity contribution < 1.29 is 9.90 Å². The van der Waals surface area contributed by atoms with Crippen LogP contribution in [-0.4, -0.2) is 22.5 Å². The lowest BCUT2D eigenvalue weighted by atomic mass is 9.93. The summed E-state index contributed by atoms with van der Waals surface area (Å²) in [7, 11) is 0. The zero-order chi connectivity index (χ0) is 20.8. The van der Waals surface area contributed by atoms with Gasteiger partial charge in [0, 0.05) is 18.8 Å². The van der Waals surface area contributed by atoms with Crippen LogP contribution in [0.2, 0.25) is 5.15 Å². The Hall–Kier alpha value is -3.11. The number of carbonyl (C=O) groups excluding carboxylic acids is 1. The van der Waals surface area contributed by atoms with Gasteiger partial charge in [-0.25, -0.2) is 4.98 Å². The van der Waals surface area contributed by atoms with Gasteiger partial charge in [-0.15, -0.1) is 0 Å². The molecule has 1 aromatic heterocycles. The number of hydrogen-bond acceptors (Lipinski definition) is 3. The summed E-state index contributed by atoms with van der Waals surface area (Å²) in [5.74, 6) is 0.0570. The van der Waals surface area contributed by atoms with E-state index in [1.165, 1.54) is 0 Å². The summed E-state index contributed by atoms with van der Waals surface area (Å²) in [6.07, 6.45) is 3.93. The lowest BCUT2D eigenvalue weighted by Crippen LogP contribution is -2.24. The Morgan fingerprint density at radius 3 is 2.55 bits per heavy atom. The molecule has 1 amide bonds. The zero-order valence-electron chi connectivity index (χ0n) is 16.4. The third kappa shape index (κ3) is 5.69. The number of nitrogens with one attached hydrogen (secondary N) is 1. The second kappa shape index (κ2) is 9.39. The molecule has 4 nitrogen and oxygen atoms in total. The normalized spacial score (nSPS) is 11.3. The fourth-order valence-electron chi connectivity index (χ4n) is 3.18. The van der Waals surface area contributed by atoms with Crippen LogP contribution < -0.4 is 5.32 Å². The van der Waals surface area contributed by atoms with E-state index in [1.54, 1.807) is 30.5 Å². The average molecular weight is 407 g/mol. The first-order chi connectivity index (χ1) is 13.9. The summed E-state index contributed by atoms with van der Waals surface area (Å²) in [5.41, 5.74) is 5.91. The van der Waals surface area contributed by atoms with Crippen molar-refractivity contribution in [1.82, 2.24) is 10.3 Å². The molecule has 2 aromatic carbocycles. The van der Waals surface area contributed by atoms with E-state index in [-0.39, 0.29) is 11.7 Å². The number of aromatic nitrogens is 1. The van der Waals surface area contributed by atoms with Crippen molar-refractivity contribution in [3.05, 3.63) is 99.8 Å². The predicted molar refractivity (Wildman–Crippen MR) is 117 cm³/mol. The van der Waals surface area contributed by atoms with Gasteiger partial charge in [-0.3, -0.25) is 4.79 Å². The first-order valence-corrected chi connectivity index (χ1v) is 9.77. The van der Waals surface area contributed by atoms with Crippen LogP contribution in [-0.2, 0) is 11.2 Å². The van der Waals surface area contributed by atoms with E-state index in [2.05, 4.69) is 16.4 Å². The number of nitrogens with zero attached hydrogens (tertiary/aromatic N) is 1. The topological polar surface area (TPSA) is 62.2 Å². The molecule has 3 rings (SSSR count). The second-order valence-corrected chi connectivity index (χ2v) is 7.34. The molecule has 0 saturated heterocycles. The van der Waals surface area contributed by atoms with Gasteiger partial charge in [-0.1, -0.05) is 47.5 Å². The molecule has 0 bridgehead atoms. The molecule has 0 radical (unpaired) electrons. The van der Waals surface area contributed by atoms with E-state index in [1.807, 2.05) is 44.2 Å². The number of benzene rings is 2. The summed E-state index contributed by atoms with van der Waals surface area (Å²) in [6.45, 7) is 4.57. The maximum atomic E-state index is 12.6. The summed E-state index contributed by atoms with van der Waals surface area (Å²) >= 11 is 6.08. The van der Waals surface area contributed by atoms with Crippen LogP contribution in [0.4, 0.5) is 0 Å².